The number of hydrogen-bond acceptors (Lipinski definition) is 5. The van der Waals surface area contributed by atoms with Crippen LogP contribution in [0.15, 0.2) is 23.2 Å². The highest BCUT2D eigenvalue weighted by Crippen LogP contribution is 2.23. The first-order valence-electron chi connectivity index (χ1n) is 4.89. The van der Waals surface area contributed by atoms with Crippen LogP contribution in [0, 0.1) is 10.1 Å². The van der Waals surface area contributed by atoms with Gasteiger partial charge in [0, 0.05) is 25.2 Å². The van der Waals surface area contributed by atoms with Crippen LogP contribution in [0.4, 0.5) is 11.4 Å². The van der Waals surface area contributed by atoms with Gasteiger partial charge in [-0.15, -0.1) is 0 Å². The van der Waals surface area contributed by atoms with Crippen LogP contribution < -0.4 is 5.73 Å². The Morgan fingerprint density at radius 1 is 1.56 bits per heavy atom. The maximum Gasteiger partial charge on any atom is 0.292 e. The topological polar surface area (TPSA) is 84.8 Å². The number of nitro groups is 1. The molecule has 0 radical (unpaired) electrons. The molecule has 1 aliphatic heterocycles. The van der Waals surface area contributed by atoms with E-state index in [9.17, 15) is 10.1 Å². The lowest BCUT2D eigenvalue weighted by atomic mass is 10.1. The SMILES string of the molecule is CN1CCN=C1c1ccc(N)c([N+](=O)[O-])c1. The number of anilines is 1. The molecule has 0 saturated carbocycles. The van der Waals surface area contributed by atoms with Gasteiger partial charge < -0.3 is 10.6 Å². The van der Waals surface area contributed by atoms with E-state index in [4.69, 9.17) is 5.73 Å². The zero-order chi connectivity index (χ0) is 11.7. The molecule has 1 aromatic rings. The lowest BCUT2D eigenvalue weighted by Crippen LogP contribution is -2.23. The summed E-state index contributed by atoms with van der Waals surface area (Å²) in [4.78, 5) is 16.5. The summed E-state index contributed by atoms with van der Waals surface area (Å²) in [5, 5.41) is 10.7. The van der Waals surface area contributed by atoms with E-state index >= 15 is 0 Å². The monoisotopic (exact) mass is 220 g/mol. The predicted molar refractivity (Wildman–Crippen MR) is 61.5 cm³/mol. The Labute approximate surface area is 92.5 Å². The molecule has 0 aliphatic carbocycles. The van der Waals surface area contributed by atoms with Gasteiger partial charge in [0.05, 0.1) is 11.5 Å². The second-order valence-corrected chi connectivity index (χ2v) is 3.66. The molecular weight excluding hydrogens is 208 g/mol. The Hall–Kier alpha value is -2.11. The molecule has 0 bridgehead atoms. The maximum atomic E-state index is 10.7. The normalized spacial score (nSPS) is 15.1. The Morgan fingerprint density at radius 3 is 2.88 bits per heavy atom. The van der Waals surface area contributed by atoms with Gasteiger partial charge in [-0.05, 0) is 12.1 Å². The van der Waals surface area contributed by atoms with E-state index in [2.05, 4.69) is 4.99 Å². The third-order valence-electron chi connectivity index (χ3n) is 2.54. The van der Waals surface area contributed by atoms with Gasteiger partial charge >= 0.3 is 0 Å². The van der Waals surface area contributed by atoms with Gasteiger partial charge in [0.25, 0.3) is 5.69 Å². The number of nitro benzene ring substituents is 1. The summed E-state index contributed by atoms with van der Waals surface area (Å²) in [7, 11) is 1.91. The molecule has 2 rings (SSSR count). The van der Waals surface area contributed by atoms with Gasteiger partial charge in [-0.1, -0.05) is 0 Å². The molecule has 2 N–H and O–H groups in total. The lowest BCUT2D eigenvalue weighted by molar-refractivity contribution is -0.383. The molecular formula is C10H12N4O2. The van der Waals surface area contributed by atoms with Crippen molar-refractivity contribution >= 4 is 17.2 Å². The predicted octanol–water partition coefficient (Wildman–Crippen LogP) is 0.869. The summed E-state index contributed by atoms with van der Waals surface area (Å²) >= 11 is 0. The number of nitrogens with two attached hydrogens (primary N) is 1. The second-order valence-electron chi connectivity index (χ2n) is 3.66. The minimum Gasteiger partial charge on any atom is -0.393 e. The number of aliphatic imine (C=N–C) groups is 1. The Morgan fingerprint density at radius 2 is 2.31 bits per heavy atom. The van der Waals surface area contributed by atoms with Crippen molar-refractivity contribution in [2.24, 2.45) is 4.99 Å². The van der Waals surface area contributed by atoms with Crippen LogP contribution in [0.2, 0.25) is 0 Å². The summed E-state index contributed by atoms with van der Waals surface area (Å²) in [5.41, 5.74) is 6.37. The fourth-order valence-electron chi connectivity index (χ4n) is 1.69. The van der Waals surface area contributed by atoms with E-state index in [0.717, 1.165) is 24.5 Å². The molecule has 0 amide bonds. The molecule has 6 nitrogen and oxygen atoms in total. The van der Waals surface area contributed by atoms with Crippen LogP contribution in [0.1, 0.15) is 5.56 Å². The van der Waals surface area contributed by atoms with Gasteiger partial charge in [0.15, 0.2) is 0 Å². The van der Waals surface area contributed by atoms with Crippen molar-refractivity contribution in [3.8, 4) is 0 Å². The zero-order valence-electron chi connectivity index (χ0n) is 8.88. The standard InChI is InChI=1S/C10H12N4O2/c1-13-5-4-12-10(13)7-2-3-8(11)9(6-7)14(15)16/h2-3,6H,4-5,11H2,1H3. The third-order valence-corrected chi connectivity index (χ3v) is 2.54. The summed E-state index contributed by atoms with van der Waals surface area (Å²) < 4.78 is 0. The van der Waals surface area contributed by atoms with Gasteiger partial charge in [-0.25, -0.2) is 0 Å². The van der Waals surface area contributed by atoms with Crippen molar-refractivity contribution in [2.45, 2.75) is 0 Å². The molecule has 84 valence electrons. The smallest absolute Gasteiger partial charge is 0.292 e. The highest BCUT2D eigenvalue weighted by molar-refractivity contribution is 6.00. The van der Waals surface area contributed by atoms with Gasteiger partial charge in [0.2, 0.25) is 0 Å². The lowest BCUT2D eigenvalue weighted by Gasteiger charge is -2.13. The number of nitrogens with zero attached hydrogens (tertiary/aromatic N) is 3. The van der Waals surface area contributed by atoms with Crippen molar-refractivity contribution in [3.63, 3.8) is 0 Å². The maximum absolute atomic E-state index is 10.7. The summed E-state index contributed by atoms with van der Waals surface area (Å²) in [6, 6.07) is 4.76. The number of hydrogen-bond donors (Lipinski definition) is 1. The van der Waals surface area contributed by atoms with E-state index in [0.29, 0.717) is 0 Å². The van der Waals surface area contributed by atoms with Crippen molar-refractivity contribution in [1.29, 1.82) is 0 Å². The third kappa shape index (κ3) is 1.69. The number of likely N-dealkylation sites (N-methyl/N-ethyl adjacent to an activating group) is 1. The molecule has 1 heterocycles. The van der Waals surface area contributed by atoms with Crippen LogP contribution in [-0.2, 0) is 0 Å². The zero-order valence-corrected chi connectivity index (χ0v) is 8.88. The van der Waals surface area contributed by atoms with Crippen molar-refractivity contribution in [3.05, 3.63) is 33.9 Å². The molecule has 16 heavy (non-hydrogen) atoms. The molecule has 1 aromatic carbocycles. The molecule has 0 atom stereocenters. The summed E-state index contributed by atoms with van der Waals surface area (Å²) in [6.07, 6.45) is 0. The molecule has 0 spiro atoms. The molecule has 0 saturated heterocycles. The average Bonchev–Trinajstić information content (AvgIpc) is 2.65. The van der Waals surface area contributed by atoms with E-state index < -0.39 is 4.92 Å². The van der Waals surface area contributed by atoms with Crippen LogP contribution >= 0.6 is 0 Å². The largest absolute Gasteiger partial charge is 0.393 e. The van der Waals surface area contributed by atoms with Gasteiger partial charge in [0.1, 0.15) is 11.5 Å². The fraction of sp³-hybridized carbons (Fsp3) is 0.300. The van der Waals surface area contributed by atoms with Crippen molar-refractivity contribution in [2.75, 3.05) is 25.9 Å². The average molecular weight is 220 g/mol. The fourth-order valence-corrected chi connectivity index (χ4v) is 1.69. The molecule has 1 aliphatic rings. The Bertz CT molecular complexity index is 470. The first kappa shape index (κ1) is 10.4. The highest BCUT2D eigenvalue weighted by atomic mass is 16.6. The van der Waals surface area contributed by atoms with Gasteiger partial charge in [-0.2, -0.15) is 0 Å². The quantitative estimate of drug-likeness (QED) is 0.455. The number of amidine groups is 1. The van der Waals surface area contributed by atoms with E-state index in [1.807, 2.05) is 11.9 Å². The Balaban J connectivity index is 2.43. The minimum absolute atomic E-state index is 0.0690. The molecule has 0 fully saturated rings. The Kier molecular flexibility index (Phi) is 2.47. The number of benzene rings is 1. The first-order valence-corrected chi connectivity index (χ1v) is 4.89. The van der Waals surface area contributed by atoms with E-state index in [-0.39, 0.29) is 11.4 Å². The van der Waals surface area contributed by atoms with Crippen LogP contribution in [0.25, 0.3) is 0 Å². The minimum atomic E-state index is -0.478. The van der Waals surface area contributed by atoms with E-state index in [1.54, 1.807) is 12.1 Å². The number of nitrogen functional groups attached to an aromatic ring is 1. The summed E-state index contributed by atoms with van der Waals surface area (Å²) in [5.74, 6) is 0.781. The van der Waals surface area contributed by atoms with Crippen LogP contribution in [0.3, 0.4) is 0 Å². The summed E-state index contributed by atoms with van der Waals surface area (Å²) in [6.45, 7) is 1.57. The van der Waals surface area contributed by atoms with Crippen LogP contribution in [-0.4, -0.2) is 35.8 Å². The van der Waals surface area contributed by atoms with Gasteiger partial charge in [-0.3, -0.25) is 15.1 Å². The molecule has 0 unspecified atom stereocenters. The molecule has 6 heteroatoms. The molecule has 0 aromatic heterocycles. The first-order chi connectivity index (χ1) is 7.59. The number of rotatable bonds is 2. The highest BCUT2D eigenvalue weighted by Gasteiger charge is 2.19. The van der Waals surface area contributed by atoms with Crippen LogP contribution in [0.5, 0.6) is 0 Å². The van der Waals surface area contributed by atoms with E-state index in [1.165, 1.54) is 6.07 Å². The second kappa shape index (κ2) is 3.80. The van der Waals surface area contributed by atoms with Crippen molar-refractivity contribution in [1.82, 2.24) is 4.90 Å². The van der Waals surface area contributed by atoms with Crippen molar-refractivity contribution < 1.29 is 4.92 Å².